The minimum Gasteiger partial charge on any atom is -0.444 e. The largest absolute Gasteiger partial charge is 0.444 e. The van der Waals surface area contributed by atoms with Crippen molar-refractivity contribution >= 4 is 29.8 Å². The first-order valence-corrected chi connectivity index (χ1v) is 11.8. The van der Waals surface area contributed by atoms with Crippen LogP contribution in [0, 0.1) is 5.92 Å². The van der Waals surface area contributed by atoms with Gasteiger partial charge >= 0.3 is 12.1 Å². The fraction of sp³-hybridized carbons (Fsp3) is 0.560. The van der Waals surface area contributed by atoms with Crippen LogP contribution in [0.15, 0.2) is 18.2 Å². The number of ether oxygens (including phenoxy) is 2. The second-order valence-electron chi connectivity index (χ2n) is 10.2. The molecule has 0 spiro atoms. The van der Waals surface area contributed by atoms with Gasteiger partial charge in [0.1, 0.15) is 11.6 Å². The van der Waals surface area contributed by atoms with Gasteiger partial charge in [0.2, 0.25) is 5.91 Å². The molecule has 1 aromatic rings. The van der Waals surface area contributed by atoms with Crippen LogP contribution in [0.5, 0.6) is 0 Å². The maximum Gasteiger partial charge on any atom is 0.407 e. The van der Waals surface area contributed by atoms with E-state index in [0.717, 1.165) is 10.5 Å². The summed E-state index contributed by atoms with van der Waals surface area (Å²) in [6.45, 7) is 8.91. The summed E-state index contributed by atoms with van der Waals surface area (Å²) in [5, 5.41) is 2.70. The predicted octanol–water partition coefficient (Wildman–Crippen LogP) is 2.73. The van der Waals surface area contributed by atoms with Crippen molar-refractivity contribution in [1.29, 1.82) is 0 Å². The van der Waals surface area contributed by atoms with Crippen LogP contribution >= 0.6 is 0 Å². The number of fused-ring (bicyclic) bond motifs is 1. The summed E-state index contributed by atoms with van der Waals surface area (Å²) in [7, 11) is 0. The Bertz CT molecular complexity index is 1030. The predicted molar refractivity (Wildman–Crippen MR) is 125 cm³/mol. The molecule has 3 rings (SSSR count). The smallest absolute Gasteiger partial charge is 0.407 e. The van der Waals surface area contributed by atoms with E-state index in [2.05, 4.69) is 5.32 Å². The van der Waals surface area contributed by atoms with E-state index in [1.54, 1.807) is 39.0 Å². The number of benzene rings is 1. The number of carbonyl (C=O) groups excluding carboxylic acids is 5. The van der Waals surface area contributed by atoms with Crippen LogP contribution in [0.3, 0.4) is 0 Å². The van der Waals surface area contributed by atoms with Gasteiger partial charge in [-0.25, -0.2) is 9.69 Å². The Labute approximate surface area is 204 Å². The number of esters is 1. The fourth-order valence-corrected chi connectivity index (χ4v) is 4.09. The molecular weight excluding hydrogens is 454 g/mol. The van der Waals surface area contributed by atoms with Gasteiger partial charge in [-0.3, -0.25) is 19.2 Å². The molecule has 0 saturated carbocycles. The van der Waals surface area contributed by atoms with Gasteiger partial charge in [-0.05, 0) is 50.3 Å². The van der Waals surface area contributed by atoms with Crippen molar-refractivity contribution in [3.63, 3.8) is 0 Å². The zero-order valence-electron chi connectivity index (χ0n) is 20.9. The minimum absolute atomic E-state index is 0.0608. The zero-order chi connectivity index (χ0) is 25.9. The van der Waals surface area contributed by atoms with Crippen molar-refractivity contribution < 1.29 is 33.4 Å². The van der Waals surface area contributed by atoms with Crippen molar-refractivity contribution in [1.82, 2.24) is 15.1 Å². The lowest BCUT2D eigenvalue weighted by Gasteiger charge is -2.35. The van der Waals surface area contributed by atoms with Crippen molar-refractivity contribution in [3.8, 4) is 0 Å². The van der Waals surface area contributed by atoms with Crippen LogP contribution < -0.4 is 5.32 Å². The molecule has 0 aromatic heterocycles. The number of alkyl carbamates (subject to hydrolysis) is 1. The van der Waals surface area contributed by atoms with E-state index in [0.29, 0.717) is 11.1 Å². The lowest BCUT2D eigenvalue weighted by molar-refractivity contribution is -0.164. The quantitative estimate of drug-likeness (QED) is 0.463. The molecule has 0 bridgehead atoms. The molecule has 2 heterocycles. The van der Waals surface area contributed by atoms with Crippen molar-refractivity contribution in [2.24, 2.45) is 5.92 Å². The number of hydrogen-bond acceptors (Lipinski definition) is 7. The standard InChI is InChI=1S/C25H33N3O7/c1-15(2)11-21(30)34-14-28-20(29)10-9-19(23(28)32)27-13-18-16(7-6-8-17(18)22(27)31)12-26-24(33)35-25(3,4)5/h6-8,15,19H,9-14H2,1-5H3,(H,26,33). The Balaban J connectivity index is 1.70. The monoisotopic (exact) mass is 487 g/mol. The summed E-state index contributed by atoms with van der Waals surface area (Å²) < 4.78 is 10.4. The molecule has 1 fully saturated rings. The Kier molecular flexibility index (Phi) is 7.82. The third kappa shape index (κ3) is 6.37. The van der Waals surface area contributed by atoms with Crippen LogP contribution in [0.25, 0.3) is 0 Å². The molecule has 10 nitrogen and oxygen atoms in total. The maximum absolute atomic E-state index is 13.2. The molecule has 2 aliphatic rings. The first-order valence-electron chi connectivity index (χ1n) is 11.8. The Morgan fingerprint density at radius 1 is 1.17 bits per heavy atom. The summed E-state index contributed by atoms with van der Waals surface area (Å²) in [5.41, 5.74) is 1.27. The molecule has 1 aromatic carbocycles. The van der Waals surface area contributed by atoms with E-state index in [1.165, 1.54) is 4.90 Å². The molecule has 1 N–H and O–H groups in total. The number of nitrogens with zero attached hydrogens (tertiary/aromatic N) is 2. The van der Waals surface area contributed by atoms with Crippen LogP contribution in [0.1, 0.15) is 75.4 Å². The molecule has 1 atom stereocenters. The van der Waals surface area contributed by atoms with Crippen LogP contribution in [0.2, 0.25) is 0 Å². The minimum atomic E-state index is -0.844. The normalized spacial score (nSPS) is 18.1. The van der Waals surface area contributed by atoms with Crippen LogP contribution in [-0.2, 0) is 36.9 Å². The molecule has 10 heteroatoms. The topological polar surface area (TPSA) is 122 Å². The van der Waals surface area contributed by atoms with Crippen molar-refractivity contribution in [2.75, 3.05) is 6.73 Å². The van der Waals surface area contributed by atoms with Crippen LogP contribution in [-0.4, -0.2) is 58.0 Å². The number of rotatable bonds is 7. The third-order valence-electron chi connectivity index (χ3n) is 5.70. The molecular formula is C25H33N3O7. The summed E-state index contributed by atoms with van der Waals surface area (Å²) in [6.07, 6.45) is -0.135. The molecule has 2 aliphatic heterocycles. The highest BCUT2D eigenvalue weighted by atomic mass is 16.6. The van der Waals surface area contributed by atoms with Gasteiger partial charge in [0.25, 0.3) is 11.8 Å². The molecule has 190 valence electrons. The summed E-state index contributed by atoms with van der Waals surface area (Å²) in [5.74, 6) is -1.72. The van der Waals surface area contributed by atoms with Crippen molar-refractivity contribution in [3.05, 3.63) is 34.9 Å². The summed E-state index contributed by atoms with van der Waals surface area (Å²) >= 11 is 0. The molecule has 0 aliphatic carbocycles. The van der Waals surface area contributed by atoms with Crippen molar-refractivity contribution in [2.45, 2.75) is 78.6 Å². The summed E-state index contributed by atoms with van der Waals surface area (Å²) in [4.78, 5) is 65.0. The highest BCUT2D eigenvalue weighted by Gasteiger charge is 2.43. The maximum atomic E-state index is 13.2. The van der Waals surface area contributed by atoms with E-state index >= 15 is 0 Å². The molecule has 1 unspecified atom stereocenters. The second-order valence-corrected chi connectivity index (χ2v) is 10.2. The number of nitrogens with one attached hydrogen (secondary N) is 1. The zero-order valence-corrected chi connectivity index (χ0v) is 20.9. The van der Waals surface area contributed by atoms with Gasteiger partial charge in [0.05, 0.1) is 0 Å². The molecule has 4 amide bonds. The van der Waals surface area contributed by atoms with Gasteiger partial charge < -0.3 is 19.7 Å². The number of imide groups is 1. The second kappa shape index (κ2) is 10.5. The lowest BCUT2D eigenvalue weighted by Crippen LogP contribution is -2.55. The number of piperidine rings is 1. The molecule has 35 heavy (non-hydrogen) atoms. The average molecular weight is 488 g/mol. The van der Waals surface area contributed by atoms with Gasteiger partial charge in [-0.1, -0.05) is 26.0 Å². The number of hydrogen-bond donors (Lipinski definition) is 1. The third-order valence-corrected chi connectivity index (χ3v) is 5.70. The lowest BCUT2D eigenvalue weighted by atomic mass is 10.0. The Hall–Kier alpha value is -3.43. The molecule has 0 radical (unpaired) electrons. The highest BCUT2D eigenvalue weighted by Crippen LogP contribution is 2.31. The van der Waals surface area contributed by atoms with Gasteiger partial charge in [-0.2, -0.15) is 0 Å². The molecule has 1 saturated heterocycles. The Morgan fingerprint density at radius 3 is 2.54 bits per heavy atom. The number of carbonyl (C=O) groups is 5. The van der Waals surface area contributed by atoms with Gasteiger partial charge in [0, 0.05) is 31.5 Å². The van der Waals surface area contributed by atoms with Crippen LogP contribution in [0.4, 0.5) is 4.79 Å². The average Bonchev–Trinajstić information content (AvgIpc) is 3.07. The summed E-state index contributed by atoms with van der Waals surface area (Å²) in [6, 6.07) is 4.36. The first-order chi connectivity index (χ1) is 16.4. The number of likely N-dealkylation sites (tertiary alicyclic amines) is 1. The van der Waals surface area contributed by atoms with Gasteiger partial charge in [0.15, 0.2) is 6.73 Å². The van der Waals surface area contributed by atoms with E-state index in [4.69, 9.17) is 9.47 Å². The van der Waals surface area contributed by atoms with E-state index in [-0.39, 0.29) is 44.2 Å². The fourth-order valence-electron chi connectivity index (χ4n) is 4.09. The number of amides is 4. The first kappa shape index (κ1) is 26.2. The van der Waals surface area contributed by atoms with E-state index < -0.39 is 42.3 Å². The van der Waals surface area contributed by atoms with E-state index in [9.17, 15) is 24.0 Å². The SMILES string of the molecule is CC(C)CC(=O)OCN1C(=O)CCC(N2Cc3c(CNC(=O)OC(C)(C)C)cccc3C2=O)C1=O. The Morgan fingerprint density at radius 2 is 1.89 bits per heavy atom. The highest BCUT2D eigenvalue weighted by molar-refractivity contribution is 6.05. The van der Waals surface area contributed by atoms with Gasteiger partial charge in [-0.15, -0.1) is 0 Å². The van der Waals surface area contributed by atoms with E-state index in [1.807, 2.05) is 13.8 Å².